The first kappa shape index (κ1) is 17.4. The maximum absolute atomic E-state index is 10.2. The van der Waals surface area contributed by atoms with E-state index in [2.05, 4.69) is 32.0 Å². The van der Waals surface area contributed by atoms with Crippen LogP contribution in [-0.2, 0) is 0 Å². The number of aliphatic hydroxyl groups excluding tert-OH is 1. The van der Waals surface area contributed by atoms with Gasteiger partial charge in [-0.2, -0.15) is 0 Å². The van der Waals surface area contributed by atoms with Crippen LogP contribution in [0.1, 0.15) is 22.3 Å². The van der Waals surface area contributed by atoms with Crippen LogP contribution < -0.4 is 9.47 Å². The second kappa shape index (κ2) is 6.93. The minimum absolute atomic E-state index is 0.713. The molecule has 1 aliphatic rings. The Morgan fingerprint density at radius 2 is 1.63 bits per heavy atom. The molecule has 1 heterocycles. The van der Waals surface area contributed by atoms with Gasteiger partial charge in [0, 0.05) is 5.56 Å². The summed E-state index contributed by atoms with van der Waals surface area (Å²) in [5.41, 5.74) is 7.56. The maximum Gasteiger partial charge on any atom is 0.218 e. The Morgan fingerprint density at radius 1 is 0.889 bits per heavy atom. The number of aliphatic hydroxyl groups is 1. The molecular weight excluding hydrogens is 336 g/mol. The van der Waals surface area contributed by atoms with Crippen LogP contribution in [0, 0.1) is 13.8 Å². The van der Waals surface area contributed by atoms with Crippen molar-refractivity contribution in [1.29, 1.82) is 0 Å². The lowest BCUT2D eigenvalue weighted by Crippen LogP contribution is -2.19. The molecule has 0 spiro atoms. The van der Waals surface area contributed by atoms with Gasteiger partial charge in [-0.05, 0) is 71.5 Å². The molecule has 3 heteroatoms. The minimum atomic E-state index is -0.950. The first-order valence-corrected chi connectivity index (χ1v) is 8.99. The predicted molar refractivity (Wildman–Crippen MR) is 108 cm³/mol. The second-order valence-electron chi connectivity index (χ2n) is 6.75. The molecule has 136 valence electrons. The van der Waals surface area contributed by atoms with Crippen LogP contribution in [0.5, 0.6) is 11.5 Å². The van der Waals surface area contributed by atoms with Crippen molar-refractivity contribution in [2.24, 2.45) is 0 Å². The Hall–Kier alpha value is -3.04. The van der Waals surface area contributed by atoms with Gasteiger partial charge < -0.3 is 14.6 Å². The van der Waals surface area contributed by atoms with Crippen LogP contribution in [0.3, 0.4) is 0 Å². The molecule has 0 aliphatic carbocycles. The highest BCUT2D eigenvalue weighted by molar-refractivity contribution is 5.90. The highest BCUT2D eigenvalue weighted by Gasteiger charge is 2.25. The van der Waals surface area contributed by atoms with Gasteiger partial charge in [0.1, 0.15) is 11.5 Å². The van der Waals surface area contributed by atoms with E-state index >= 15 is 0 Å². The van der Waals surface area contributed by atoms with Crippen molar-refractivity contribution in [3.05, 3.63) is 89.0 Å². The van der Waals surface area contributed by atoms with Crippen LogP contribution >= 0.6 is 0 Å². The van der Waals surface area contributed by atoms with E-state index in [1.54, 1.807) is 13.2 Å². The Kier molecular flexibility index (Phi) is 4.46. The first-order chi connectivity index (χ1) is 13.1. The quantitative estimate of drug-likeness (QED) is 0.706. The molecule has 0 bridgehead atoms. The highest BCUT2D eigenvalue weighted by Crippen LogP contribution is 2.43. The summed E-state index contributed by atoms with van der Waals surface area (Å²) in [6.07, 6.45) is 0.823. The summed E-state index contributed by atoms with van der Waals surface area (Å²) >= 11 is 0. The number of fused-ring (bicyclic) bond motifs is 1. The van der Waals surface area contributed by atoms with Crippen LogP contribution in [0.2, 0.25) is 0 Å². The predicted octanol–water partition coefficient (Wildman–Crippen LogP) is 5.12. The van der Waals surface area contributed by atoms with Gasteiger partial charge in [0.15, 0.2) is 0 Å². The molecule has 1 unspecified atom stereocenters. The molecule has 3 aromatic rings. The standard InChI is InChI=1S/C24H22O3/c1-15-12-21-24(16(2)23(15)18-10-7-11-19(13-18)26-3)20(14-22(25)27-21)17-8-5-4-6-9-17/h4-14,22,25H,1-3H3. The van der Waals surface area contributed by atoms with Crippen LogP contribution in [0.4, 0.5) is 0 Å². The lowest BCUT2D eigenvalue weighted by Gasteiger charge is -2.27. The average molecular weight is 358 g/mol. The number of methoxy groups -OCH3 is 1. The number of hydrogen-bond donors (Lipinski definition) is 1. The molecule has 0 radical (unpaired) electrons. The highest BCUT2D eigenvalue weighted by atomic mass is 16.6. The first-order valence-electron chi connectivity index (χ1n) is 8.99. The Bertz CT molecular complexity index is 1020. The molecule has 0 fully saturated rings. The molecule has 0 saturated heterocycles. The SMILES string of the molecule is COc1cccc(-c2c(C)cc3c(c2C)C(c2ccccc2)=CC(O)O3)c1. The second-order valence-corrected chi connectivity index (χ2v) is 6.75. The molecule has 27 heavy (non-hydrogen) atoms. The van der Waals surface area contributed by atoms with E-state index < -0.39 is 6.29 Å². The molecule has 0 amide bonds. The van der Waals surface area contributed by atoms with E-state index in [1.165, 1.54) is 0 Å². The largest absolute Gasteiger partial charge is 0.497 e. The normalized spacial score (nSPS) is 15.6. The lowest BCUT2D eigenvalue weighted by atomic mass is 9.85. The molecule has 1 atom stereocenters. The summed E-state index contributed by atoms with van der Waals surface area (Å²) in [6, 6.07) is 20.2. The topological polar surface area (TPSA) is 38.7 Å². The van der Waals surface area contributed by atoms with Crippen molar-refractivity contribution in [2.45, 2.75) is 20.1 Å². The molecule has 4 rings (SSSR count). The fourth-order valence-electron chi connectivity index (χ4n) is 3.85. The summed E-state index contributed by atoms with van der Waals surface area (Å²) < 4.78 is 11.1. The molecule has 0 saturated carbocycles. The number of hydrogen-bond acceptors (Lipinski definition) is 3. The van der Waals surface area contributed by atoms with E-state index in [4.69, 9.17) is 9.47 Å². The number of aryl methyl sites for hydroxylation is 1. The Labute approximate surface area is 159 Å². The summed E-state index contributed by atoms with van der Waals surface area (Å²) in [6.45, 7) is 4.18. The third-order valence-electron chi connectivity index (χ3n) is 5.01. The third-order valence-corrected chi connectivity index (χ3v) is 5.01. The van der Waals surface area contributed by atoms with Crippen LogP contribution in [0.15, 0.2) is 66.7 Å². The molecular formula is C24H22O3. The Balaban J connectivity index is 1.95. The summed E-state index contributed by atoms with van der Waals surface area (Å²) in [7, 11) is 1.68. The van der Waals surface area contributed by atoms with Gasteiger partial charge in [0.25, 0.3) is 0 Å². The van der Waals surface area contributed by atoms with Crippen molar-refractivity contribution in [3.8, 4) is 22.6 Å². The van der Waals surface area contributed by atoms with Gasteiger partial charge in [0.05, 0.1) is 7.11 Å². The van der Waals surface area contributed by atoms with E-state index in [9.17, 15) is 5.11 Å². The zero-order valence-electron chi connectivity index (χ0n) is 15.7. The van der Waals surface area contributed by atoms with Crippen LogP contribution in [0.25, 0.3) is 16.7 Å². The zero-order valence-corrected chi connectivity index (χ0v) is 15.7. The maximum atomic E-state index is 10.2. The van der Waals surface area contributed by atoms with Gasteiger partial charge in [0.2, 0.25) is 6.29 Å². The van der Waals surface area contributed by atoms with Gasteiger partial charge in [-0.1, -0.05) is 42.5 Å². The van der Waals surface area contributed by atoms with Crippen molar-refractivity contribution >= 4 is 5.57 Å². The zero-order chi connectivity index (χ0) is 19.0. The molecule has 3 aromatic carbocycles. The van der Waals surface area contributed by atoms with Gasteiger partial charge in [-0.3, -0.25) is 0 Å². The number of benzene rings is 3. The summed E-state index contributed by atoms with van der Waals surface area (Å²) in [4.78, 5) is 0. The van der Waals surface area contributed by atoms with E-state index in [0.717, 1.165) is 44.7 Å². The minimum Gasteiger partial charge on any atom is -0.497 e. The average Bonchev–Trinajstić information content (AvgIpc) is 2.68. The van der Waals surface area contributed by atoms with Crippen molar-refractivity contribution in [1.82, 2.24) is 0 Å². The fourth-order valence-corrected chi connectivity index (χ4v) is 3.85. The Morgan fingerprint density at radius 3 is 2.37 bits per heavy atom. The molecule has 1 N–H and O–H groups in total. The molecule has 0 aromatic heterocycles. The number of rotatable bonds is 3. The van der Waals surface area contributed by atoms with E-state index in [0.29, 0.717) is 5.75 Å². The van der Waals surface area contributed by atoms with Gasteiger partial charge in [-0.25, -0.2) is 0 Å². The summed E-state index contributed by atoms with van der Waals surface area (Å²) in [5, 5.41) is 10.2. The van der Waals surface area contributed by atoms with Crippen molar-refractivity contribution in [3.63, 3.8) is 0 Å². The third kappa shape index (κ3) is 3.11. The smallest absolute Gasteiger partial charge is 0.218 e. The summed E-state index contributed by atoms with van der Waals surface area (Å²) in [5.74, 6) is 1.54. The van der Waals surface area contributed by atoms with Gasteiger partial charge in [-0.15, -0.1) is 0 Å². The van der Waals surface area contributed by atoms with Gasteiger partial charge >= 0.3 is 0 Å². The number of ether oxygens (including phenoxy) is 2. The van der Waals surface area contributed by atoms with Crippen molar-refractivity contribution in [2.75, 3.05) is 7.11 Å². The fraction of sp³-hybridized carbons (Fsp3) is 0.167. The molecule has 3 nitrogen and oxygen atoms in total. The monoisotopic (exact) mass is 358 g/mol. The molecule has 1 aliphatic heterocycles. The van der Waals surface area contributed by atoms with Crippen molar-refractivity contribution < 1.29 is 14.6 Å². The van der Waals surface area contributed by atoms with E-state index in [1.807, 2.05) is 42.5 Å². The van der Waals surface area contributed by atoms with E-state index in [-0.39, 0.29) is 0 Å². The lowest BCUT2D eigenvalue weighted by molar-refractivity contribution is 0.0225. The van der Waals surface area contributed by atoms with Crippen LogP contribution in [-0.4, -0.2) is 18.5 Å².